The molecular weight excluding hydrogens is 286 g/mol. The van der Waals surface area contributed by atoms with E-state index in [1.807, 2.05) is 24.3 Å². The van der Waals surface area contributed by atoms with E-state index in [1.54, 1.807) is 30.0 Å². The Hall–Kier alpha value is -1.13. The van der Waals surface area contributed by atoms with Gasteiger partial charge in [0.2, 0.25) is 0 Å². The first-order valence-electron chi connectivity index (χ1n) is 6.55. The van der Waals surface area contributed by atoms with Crippen molar-refractivity contribution in [3.8, 4) is 0 Å². The molecule has 20 heavy (non-hydrogen) atoms. The molecule has 0 spiro atoms. The summed E-state index contributed by atoms with van der Waals surface area (Å²) in [6.45, 7) is 8.13. The fraction of sp³-hybridized carbons (Fsp3) is 0.375. The fourth-order valence-corrected chi connectivity index (χ4v) is 3.67. The van der Waals surface area contributed by atoms with Gasteiger partial charge in [0, 0.05) is 21.3 Å². The second kappa shape index (κ2) is 6.10. The monoisotopic (exact) mass is 305 g/mol. The molecule has 0 aliphatic carbocycles. The van der Waals surface area contributed by atoms with Gasteiger partial charge in [-0.05, 0) is 19.1 Å². The lowest BCUT2D eigenvalue weighted by Gasteiger charge is -2.14. The van der Waals surface area contributed by atoms with Crippen molar-refractivity contribution in [2.24, 2.45) is 0 Å². The Bertz CT molecular complexity index is 611. The summed E-state index contributed by atoms with van der Waals surface area (Å²) in [5.74, 6) is 0.957. The summed E-state index contributed by atoms with van der Waals surface area (Å²) in [6.07, 6.45) is 0. The van der Waals surface area contributed by atoms with Crippen LogP contribution in [-0.4, -0.2) is 10.8 Å². The average molecular weight is 305 g/mol. The van der Waals surface area contributed by atoms with Crippen LogP contribution in [0.2, 0.25) is 0 Å². The number of hydrogen-bond acceptors (Lipinski definition) is 4. The van der Waals surface area contributed by atoms with Crippen molar-refractivity contribution in [3.05, 3.63) is 45.9 Å². The molecule has 0 amide bonds. The molecule has 2 aromatic rings. The SMILES string of the molecule is CC(=O)c1cccc(SCc2nc(C(C)(C)C)cs2)c1. The van der Waals surface area contributed by atoms with Gasteiger partial charge < -0.3 is 0 Å². The highest BCUT2D eigenvalue weighted by molar-refractivity contribution is 7.98. The number of benzene rings is 1. The molecule has 106 valence electrons. The molecule has 0 radical (unpaired) electrons. The topological polar surface area (TPSA) is 30.0 Å². The Kier molecular flexibility index (Phi) is 4.66. The number of carbonyl (C=O) groups excluding carboxylic acids is 1. The lowest BCUT2D eigenvalue weighted by Crippen LogP contribution is -2.11. The van der Waals surface area contributed by atoms with Gasteiger partial charge in [-0.25, -0.2) is 4.98 Å². The average Bonchev–Trinajstić information content (AvgIpc) is 2.85. The van der Waals surface area contributed by atoms with Crippen LogP contribution in [0.1, 0.15) is 48.8 Å². The molecule has 0 N–H and O–H groups in total. The Morgan fingerprint density at radius 3 is 2.70 bits per heavy atom. The molecule has 0 atom stereocenters. The van der Waals surface area contributed by atoms with Crippen LogP contribution in [0, 0.1) is 0 Å². The zero-order valence-electron chi connectivity index (χ0n) is 12.3. The maximum Gasteiger partial charge on any atom is 0.159 e. The van der Waals surface area contributed by atoms with Crippen LogP contribution >= 0.6 is 23.1 Å². The van der Waals surface area contributed by atoms with Crippen molar-refractivity contribution in [3.63, 3.8) is 0 Å². The zero-order valence-corrected chi connectivity index (χ0v) is 13.9. The number of rotatable bonds is 4. The summed E-state index contributed by atoms with van der Waals surface area (Å²) in [5, 5.41) is 3.27. The highest BCUT2D eigenvalue weighted by atomic mass is 32.2. The maximum absolute atomic E-state index is 11.4. The minimum atomic E-state index is 0.105. The Morgan fingerprint density at radius 1 is 1.35 bits per heavy atom. The standard InChI is InChI=1S/C16H19NOS2/c1-11(18)12-6-5-7-13(8-12)19-10-15-17-14(9-20-15)16(2,3)4/h5-9H,10H2,1-4H3. The quantitative estimate of drug-likeness (QED) is 0.592. The lowest BCUT2D eigenvalue weighted by atomic mass is 9.93. The van der Waals surface area contributed by atoms with Crippen LogP contribution in [0.5, 0.6) is 0 Å². The molecule has 0 saturated heterocycles. The molecule has 0 aliphatic rings. The van der Waals surface area contributed by atoms with Crippen molar-refractivity contribution in [2.45, 2.75) is 43.8 Å². The molecule has 4 heteroatoms. The number of nitrogens with zero attached hydrogens (tertiary/aromatic N) is 1. The smallest absolute Gasteiger partial charge is 0.159 e. The van der Waals surface area contributed by atoms with Gasteiger partial charge in [0.1, 0.15) is 5.01 Å². The Labute approximate surface area is 128 Å². The minimum absolute atomic E-state index is 0.105. The predicted octanol–water partition coefficient (Wildman–Crippen LogP) is 4.94. The van der Waals surface area contributed by atoms with E-state index in [2.05, 4.69) is 31.1 Å². The predicted molar refractivity (Wildman–Crippen MR) is 86.8 cm³/mol. The van der Waals surface area contributed by atoms with Gasteiger partial charge in [0.15, 0.2) is 5.78 Å². The van der Waals surface area contributed by atoms with Crippen LogP contribution in [0.4, 0.5) is 0 Å². The van der Waals surface area contributed by atoms with Crippen LogP contribution in [0.3, 0.4) is 0 Å². The molecule has 0 unspecified atom stereocenters. The van der Waals surface area contributed by atoms with Crippen LogP contribution < -0.4 is 0 Å². The van der Waals surface area contributed by atoms with E-state index in [9.17, 15) is 4.79 Å². The van der Waals surface area contributed by atoms with Gasteiger partial charge in [-0.15, -0.1) is 23.1 Å². The van der Waals surface area contributed by atoms with Crippen LogP contribution in [0.15, 0.2) is 34.5 Å². The maximum atomic E-state index is 11.4. The third-order valence-electron chi connectivity index (χ3n) is 2.92. The van der Waals surface area contributed by atoms with Gasteiger partial charge >= 0.3 is 0 Å². The number of thioether (sulfide) groups is 1. The van der Waals surface area contributed by atoms with E-state index in [-0.39, 0.29) is 11.2 Å². The molecule has 2 rings (SSSR count). The molecule has 1 aromatic carbocycles. The van der Waals surface area contributed by atoms with E-state index < -0.39 is 0 Å². The normalized spacial score (nSPS) is 11.6. The first-order valence-corrected chi connectivity index (χ1v) is 8.41. The largest absolute Gasteiger partial charge is 0.295 e. The van der Waals surface area contributed by atoms with Crippen molar-refractivity contribution in [1.82, 2.24) is 4.98 Å². The van der Waals surface area contributed by atoms with Crippen molar-refractivity contribution >= 4 is 28.9 Å². The third-order valence-corrected chi connectivity index (χ3v) is 4.96. The number of carbonyl (C=O) groups is 1. The van der Waals surface area contributed by atoms with Gasteiger partial charge in [0.25, 0.3) is 0 Å². The van der Waals surface area contributed by atoms with E-state index in [4.69, 9.17) is 0 Å². The summed E-state index contributed by atoms with van der Waals surface area (Å²) in [4.78, 5) is 17.2. The van der Waals surface area contributed by atoms with Crippen LogP contribution in [-0.2, 0) is 11.2 Å². The summed E-state index contributed by atoms with van der Waals surface area (Å²) < 4.78 is 0. The van der Waals surface area contributed by atoms with E-state index in [0.29, 0.717) is 0 Å². The number of hydrogen-bond donors (Lipinski definition) is 0. The van der Waals surface area contributed by atoms with E-state index in [1.165, 1.54) is 0 Å². The molecule has 1 heterocycles. The molecule has 2 nitrogen and oxygen atoms in total. The number of thiazole rings is 1. The Morgan fingerprint density at radius 2 is 2.10 bits per heavy atom. The third kappa shape index (κ3) is 3.93. The molecule has 0 bridgehead atoms. The van der Waals surface area contributed by atoms with E-state index >= 15 is 0 Å². The number of aromatic nitrogens is 1. The second-order valence-corrected chi connectivity index (χ2v) is 7.74. The van der Waals surface area contributed by atoms with Crippen molar-refractivity contribution in [1.29, 1.82) is 0 Å². The summed E-state index contributed by atoms with van der Waals surface area (Å²) in [6, 6.07) is 7.77. The highest BCUT2D eigenvalue weighted by Gasteiger charge is 2.17. The molecule has 1 aromatic heterocycles. The zero-order chi connectivity index (χ0) is 14.8. The Balaban J connectivity index is 2.04. The lowest BCUT2D eigenvalue weighted by molar-refractivity contribution is 0.101. The summed E-state index contributed by atoms with van der Waals surface area (Å²) in [7, 11) is 0. The van der Waals surface area contributed by atoms with E-state index in [0.717, 1.165) is 26.9 Å². The first kappa shape index (κ1) is 15.3. The minimum Gasteiger partial charge on any atom is -0.295 e. The fourth-order valence-electron chi connectivity index (χ4n) is 1.67. The summed E-state index contributed by atoms with van der Waals surface area (Å²) in [5.41, 5.74) is 2.02. The van der Waals surface area contributed by atoms with Crippen molar-refractivity contribution < 1.29 is 4.79 Å². The molecule has 0 saturated carbocycles. The molecule has 0 fully saturated rings. The van der Waals surface area contributed by atoms with Gasteiger partial charge in [-0.2, -0.15) is 0 Å². The first-order chi connectivity index (χ1) is 9.36. The second-order valence-electron chi connectivity index (χ2n) is 5.75. The number of ketones is 1. The van der Waals surface area contributed by atoms with Crippen molar-refractivity contribution in [2.75, 3.05) is 0 Å². The molecular formula is C16H19NOS2. The van der Waals surface area contributed by atoms with Gasteiger partial charge in [-0.3, -0.25) is 4.79 Å². The highest BCUT2D eigenvalue weighted by Crippen LogP contribution is 2.28. The number of Topliss-reactive ketones (excluding diaryl/α,β-unsaturated/α-hetero) is 1. The van der Waals surface area contributed by atoms with Crippen LogP contribution in [0.25, 0.3) is 0 Å². The van der Waals surface area contributed by atoms with Gasteiger partial charge in [0.05, 0.1) is 11.4 Å². The summed E-state index contributed by atoms with van der Waals surface area (Å²) >= 11 is 3.43. The van der Waals surface area contributed by atoms with Gasteiger partial charge in [-0.1, -0.05) is 32.9 Å². The molecule has 0 aliphatic heterocycles.